The Kier molecular flexibility index (Phi) is 6.18. The molecule has 1 atom stereocenters. The average molecular weight is 313 g/mol. The fourth-order valence-electron chi connectivity index (χ4n) is 2.30. The Labute approximate surface area is 137 Å². The van der Waals surface area contributed by atoms with Crippen LogP contribution in [0.5, 0.6) is 5.75 Å². The summed E-state index contributed by atoms with van der Waals surface area (Å²) in [6.07, 6.45) is 0.0697. The number of nitrogens with one attached hydrogen (secondary N) is 1. The quantitative estimate of drug-likeness (QED) is 0.842. The maximum atomic E-state index is 12.4. The van der Waals surface area contributed by atoms with Crippen molar-refractivity contribution in [3.63, 3.8) is 0 Å². The largest absolute Gasteiger partial charge is 0.481 e. The van der Waals surface area contributed by atoms with E-state index in [2.05, 4.69) is 5.32 Å². The number of hydrogen-bond acceptors (Lipinski definition) is 3. The van der Waals surface area contributed by atoms with Gasteiger partial charge >= 0.3 is 0 Å². The summed E-state index contributed by atoms with van der Waals surface area (Å²) >= 11 is 0. The number of aryl methyl sites for hydroxylation is 1. The van der Waals surface area contributed by atoms with Crippen molar-refractivity contribution >= 4 is 11.6 Å². The van der Waals surface area contributed by atoms with Crippen LogP contribution in [0.1, 0.15) is 24.5 Å². The Morgan fingerprint density at radius 3 is 2.65 bits per heavy atom. The smallest absolute Gasteiger partial charge is 0.265 e. The molecular weight excluding hydrogens is 290 g/mol. The van der Waals surface area contributed by atoms with E-state index in [1.807, 2.05) is 62.4 Å². The molecule has 0 saturated carbocycles. The molecule has 1 amide bonds. The molecule has 1 N–H and O–H groups in total. The van der Waals surface area contributed by atoms with E-state index in [1.165, 1.54) is 0 Å². The Morgan fingerprint density at radius 2 is 1.96 bits per heavy atom. The minimum absolute atomic E-state index is 0.149. The van der Waals surface area contributed by atoms with E-state index >= 15 is 0 Å². The van der Waals surface area contributed by atoms with Crippen LogP contribution in [-0.4, -0.2) is 19.1 Å². The third kappa shape index (κ3) is 5.11. The van der Waals surface area contributed by atoms with Gasteiger partial charge < -0.3 is 14.8 Å². The number of methoxy groups -OCH3 is 1. The monoisotopic (exact) mass is 313 g/mol. The van der Waals surface area contributed by atoms with Crippen molar-refractivity contribution in [3.05, 3.63) is 59.7 Å². The van der Waals surface area contributed by atoms with Gasteiger partial charge in [0.05, 0.1) is 6.61 Å². The summed E-state index contributed by atoms with van der Waals surface area (Å²) in [5, 5.41) is 2.91. The molecular formula is C19H23NO3. The van der Waals surface area contributed by atoms with Crippen LogP contribution in [0.2, 0.25) is 0 Å². The molecule has 4 heteroatoms. The molecule has 0 radical (unpaired) electrons. The zero-order chi connectivity index (χ0) is 16.7. The number of carbonyl (C=O) groups is 1. The first-order valence-electron chi connectivity index (χ1n) is 7.74. The lowest BCUT2D eigenvalue weighted by Gasteiger charge is -2.18. The van der Waals surface area contributed by atoms with Gasteiger partial charge in [-0.3, -0.25) is 4.79 Å². The van der Waals surface area contributed by atoms with Gasteiger partial charge in [-0.1, -0.05) is 31.2 Å². The van der Waals surface area contributed by atoms with Crippen LogP contribution in [0, 0.1) is 6.92 Å². The van der Waals surface area contributed by atoms with Gasteiger partial charge in [-0.25, -0.2) is 0 Å². The fourth-order valence-corrected chi connectivity index (χ4v) is 2.30. The van der Waals surface area contributed by atoms with E-state index in [1.54, 1.807) is 7.11 Å². The van der Waals surface area contributed by atoms with Crippen molar-refractivity contribution in [1.82, 2.24) is 0 Å². The summed E-state index contributed by atoms with van der Waals surface area (Å²) in [5.74, 6) is 0.559. The fraction of sp³-hybridized carbons (Fsp3) is 0.316. The van der Waals surface area contributed by atoms with Crippen LogP contribution in [0.4, 0.5) is 5.69 Å². The van der Waals surface area contributed by atoms with Gasteiger partial charge in [-0.2, -0.15) is 0 Å². The molecule has 2 rings (SSSR count). The van der Waals surface area contributed by atoms with Gasteiger partial charge in [0.25, 0.3) is 5.91 Å². The van der Waals surface area contributed by atoms with Crippen molar-refractivity contribution in [2.75, 3.05) is 12.4 Å². The second-order valence-corrected chi connectivity index (χ2v) is 5.45. The number of amides is 1. The minimum Gasteiger partial charge on any atom is -0.481 e. The molecule has 2 aromatic carbocycles. The summed E-state index contributed by atoms with van der Waals surface area (Å²) < 4.78 is 10.9. The van der Waals surface area contributed by atoms with Gasteiger partial charge in [0.2, 0.25) is 0 Å². The third-order valence-electron chi connectivity index (χ3n) is 3.44. The van der Waals surface area contributed by atoms with Crippen molar-refractivity contribution in [2.45, 2.75) is 33.0 Å². The van der Waals surface area contributed by atoms with Crippen molar-refractivity contribution in [3.8, 4) is 5.75 Å². The molecule has 122 valence electrons. The minimum atomic E-state index is -0.525. The molecule has 0 spiro atoms. The first-order valence-corrected chi connectivity index (χ1v) is 7.74. The number of rotatable bonds is 7. The maximum absolute atomic E-state index is 12.4. The van der Waals surface area contributed by atoms with Gasteiger partial charge in [0.1, 0.15) is 5.75 Å². The van der Waals surface area contributed by atoms with Crippen LogP contribution >= 0.6 is 0 Å². The van der Waals surface area contributed by atoms with E-state index < -0.39 is 6.10 Å². The van der Waals surface area contributed by atoms with Gasteiger partial charge in [0, 0.05) is 12.8 Å². The van der Waals surface area contributed by atoms with E-state index in [-0.39, 0.29) is 5.91 Å². The lowest BCUT2D eigenvalue weighted by Crippen LogP contribution is -2.32. The average Bonchev–Trinajstić information content (AvgIpc) is 2.53. The highest BCUT2D eigenvalue weighted by Gasteiger charge is 2.18. The lowest BCUT2D eigenvalue weighted by atomic mass is 10.2. The summed E-state index contributed by atoms with van der Waals surface area (Å²) in [4.78, 5) is 12.4. The highest BCUT2D eigenvalue weighted by Crippen LogP contribution is 2.17. The molecule has 0 bridgehead atoms. The molecule has 0 heterocycles. The summed E-state index contributed by atoms with van der Waals surface area (Å²) in [7, 11) is 1.65. The lowest BCUT2D eigenvalue weighted by molar-refractivity contribution is -0.122. The second-order valence-electron chi connectivity index (χ2n) is 5.45. The Hall–Kier alpha value is -2.33. The van der Waals surface area contributed by atoms with Crippen LogP contribution in [0.15, 0.2) is 48.5 Å². The van der Waals surface area contributed by atoms with Gasteiger partial charge in [0.15, 0.2) is 6.10 Å². The highest BCUT2D eigenvalue weighted by molar-refractivity contribution is 5.94. The molecule has 0 aliphatic heterocycles. The Bertz CT molecular complexity index is 655. The predicted molar refractivity (Wildman–Crippen MR) is 91.7 cm³/mol. The molecule has 0 aliphatic carbocycles. The second kappa shape index (κ2) is 8.34. The summed E-state index contributed by atoms with van der Waals surface area (Å²) in [5.41, 5.74) is 2.86. The summed E-state index contributed by atoms with van der Waals surface area (Å²) in [6.45, 7) is 4.44. The zero-order valence-corrected chi connectivity index (χ0v) is 13.8. The van der Waals surface area contributed by atoms with Crippen LogP contribution < -0.4 is 10.1 Å². The predicted octanol–water partition coefficient (Wildman–Crippen LogP) is 3.94. The number of benzene rings is 2. The molecule has 0 saturated heterocycles. The van der Waals surface area contributed by atoms with E-state index in [9.17, 15) is 4.79 Å². The third-order valence-corrected chi connectivity index (χ3v) is 3.44. The van der Waals surface area contributed by atoms with Crippen LogP contribution in [0.3, 0.4) is 0 Å². The number of carbonyl (C=O) groups excluding carboxylic acids is 1. The van der Waals surface area contributed by atoms with E-state index in [0.717, 1.165) is 16.8 Å². The molecule has 4 nitrogen and oxygen atoms in total. The number of anilines is 1. The first-order chi connectivity index (χ1) is 11.1. The molecule has 23 heavy (non-hydrogen) atoms. The summed E-state index contributed by atoms with van der Waals surface area (Å²) in [6, 6.07) is 15.3. The standard InChI is InChI=1S/C19H23NO3/c1-4-18(23-17-10-5-7-14(2)11-17)19(21)20-16-9-6-8-15(12-16)13-22-3/h5-12,18H,4,13H2,1-3H3,(H,20,21)/t18-/m1/s1. The molecule has 0 unspecified atom stereocenters. The van der Waals surface area contributed by atoms with Gasteiger partial charge in [-0.15, -0.1) is 0 Å². The van der Waals surface area contributed by atoms with Crippen LogP contribution in [0.25, 0.3) is 0 Å². The Balaban J connectivity index is 2.03. The first kappa shape index (κ1) is 17.0. The number of hydrogen-bond donors (Lipinski definition) is 1. The Morgan fingerprint density at radius 1 is 1.17 bits per heavy atom. The molecule has 0 fully saturated rings. The normalized spacial score (nSPS) is 11.8. The van der Waals surface area contributed by atoms with Gasteiger partial charge in [-0.05, 0) is 48.7 Å². The van der Waals surface area contributed by atoms with Crippen molar-refractivity contribution in [2.24, 2.45) is 0 Å². The van der Waals surface area contributed by atoms with Crippen molar-refractivity contribution in [1.29, 1.82) is 0 Å². The van der Waals surface area contributed by atoms with Crippen molar-refractivity contribution < 1.29 is 14.3 Å². The molecule has 0 aromatic heterocycles. The SMILES string of the molecule is CC[C@@H](Oc1cccc(C)c1)C(=O)Nc1cccc(COC)c1. The highest BCUT2D eigenvalue weighted by atomic mass is 16.5. The topological polar surface area (TPSA) is 47.6 Å². The van der Waals surface area contributed by atoms with E-state index in [4.69, 9.17) is 9.47 Å². The molecule has 2 aromatic rings. The van der Waals surface area contributed by atoms with E-state index in [0.29, 0.717) is 18.8 Å². The van der Waals surface area contributed by atoms with Crippen LogP contribution in [-0.2, 0) is 16.1 Å². The number of ether oxygens (including phenoxy) is 2. The maximum Gasteiger partial charge on any atom is 0.265 e. The zero-order valence-electron chi connectivity index (χ0n) is 13.8. The molecule has 0 aliphatic rings.